The third-order valence-electron chi connectivity index (χ3n) is 3.67. The van der Waals surface area contributed by atoms with E-state index in [1.807, 2.05) is 18.3 Å². The van der Waals surface area contributed by atoms with E-state index in [-0.39, 0.29) is 5.91 Å². The molecule has 2 aromatic heterocycles. The van der Waals surface area contributed by atoms with Crippen LogP contribution in [0.3, 0.4) is 0 Å². The molecule has 23 heavy (non-hydrogen) atoms. The summed E-state index contributed by atoms with van der Waals surface area (Å²) < 4.78 is 6.53. The second kappa shape index (κ2) is 6.48. The van der Waals surface area contributed by atoms with Crippen LogP contribution in [0.5, 0.6) is 0 Å². The van der Waals surface area contributed by atoms with E-state index in [0.717, 1.165) is 18.4 Å². The van der Waals surface area contributed by atoms with Gasteiger partial charge in [-0.2, -0.15) is 0 Å². The third kappa shape index (κ3) is 3.48. The first-order chi connectivity index (χ1) is 11.1. The molecule has 0 unspecified atom stereocenters. The van der Waals surface area contributed by atoms with Crippen molar-refractivity contribution in [2.45, 2.75) is 19.3 Å². The van der Waals surface area contributed by atoms with Crippen molar-refractivity contribution in [3.63, 3.8) is 0 Å². The highest BCUT2D eigenvalue weighted by Crippen LogP contribution is 2.18. The van der Waals surface area contributed by atoms with Gasteiger partial charge >= 0.3 is 5.76 Å². The quantitative estimate of drug-likeness (QED) is 0.785. The van der Waals surface area contributed by atoms with Gasteiger partial charge in [0.1, 0.15) is 0 Å². The van der Waals surface area contributed by atoms with Crippen LogP contribution >= 0.6 is 0 Å². The Kier molecular flexibility index (Phi) is 4.23. The Labute approximate surface area is 132 Å². The zero-order valence-corrected chi connectivity index (χ0v) is 12.8. The van der Waals surface area contributed by atoms with Gasteiger partial charge in [-0.1, -0.05) is 6.07 Å². The summed E-state index contributed by atoms with van der Waals surface area (Å²) in [6.07, 6.45) is 5.53. The summed E-state index contributed by atoms with van der Waals surface area (Å²) >= 11 is 0. The number of amides is 1. The molecule has 6 heteroatoms. The molecule has 1 N–H and O–H groups in total. The Morgan fingerprint density at radius 1 is 1.35 bits per heavy atom. The van der Waals surface area contributed by atoms with E-state index in [1.165, 1.54) is 4.57 Å². The van der Waals surface area contributed by atoms with Gasteiger partial charge < -0.3 is 9.73 Å². The van der Waals surface area contributed by atoms with Gasteiger partial charge in [-0.05, 0) is 36.6 Å². The summed E-state index contributed by atoms with van der Waals surface area (Å²) in [5.41, 5.74) is 2.90. The third-order valence-corrected chi connectivity index (χ3v) is 3.67. The molecule has 3 rings (SSSR count). The SMILES string of the molecule is Cn1c(=O)oc2cc(NC(=O)CCCc3cccnc3)ccc21. The fourth-order valence-corrected chi connectivity index (χ4v) is 2.43. The van der Waals surface area contributed by atoms with Gasteiger partial charge in [0.25, 0.3) is 0 Å². The minimum Gasteiger partial charge on any atom is -0.408 e. The number of nitrogens with one attached hydrogen (secondary N) is 1. The fourth-order valence-electron chi connectivity index (χ4n) is 2.43. The molecule has 6 nitrogen and oxygen atoms in total. The van der Waals surface area contributed by atoms with Gasteiger partial charge in [0.05, 0.1) is 5.52 Å². The lowest BCUT2D eigenvalue weighted by molar-refractivity contribution is -0.116. The number of rotatable bonds is 5. The van der Waals surface area contributed by atoms with Crippen LogP contribution in [0.2, 0.25) is 0 Å². The van der Waals surface area contributed by atoms with Crippen molar-refractivity contribution < 1.29 is 9.21 Å². The molecular weight excluding hydrogens is 294 g/mol. The van der Waals surface area contributed by atoms with Crippen molar-refractivity contribution in [2.24, 2.45) is 7.05 Å². The van der Waals surface area contributed by atoms with Gasteiger partial charge in [0.2, 0.25) is 5.91 Å². The van der Waals surface area contributed by atoms with Crippen LogP contribution in [0.25, 0.3) is 11.1 Å². The van der Waals surface area contributed by atoms with Crippen LogP contribution < -0.4 is 11.1 Å². The summed E-state index contributed by atoms with van der Waals surface area (Å²) in [6.45, 7) is 0. The van der Waals surface area contributed by atoms with Gasteiger partial charge in [0, 0.05) is 37.6 Å². The predicted octanol–water partition coefficient (Wildman–Crippen LogP) is 2.49. The lowest BCUT2D eigenvalue weighted by Crippen LogP contribution is -2.11. The zero-order valence-electron chi connectivity index (χ0n) is 12.8. The van der Waals surface area contributed by atoms with Gasteiger partial charge in [-0.25, -0.2) is 4.79 Å². The Balaban J connectivity index is 1.58. The predicted molar refractivity (Wildman–Crippen MR) is 87.3 cm³/mol. The van der Waals surface area contributed by atoms with E-state index >= 15 is 0 Å². The maximum Gasteiger partial charge on any atom is 0.419 e. The highest BCUT2D eigenvalue weighted by atomic mass is 16.4. The van der Waals surface area contributed by atoms with Gasteiger partial charge in [-0.3, -0.25) is 14.3 Å². The second-order valence-electron chi connectivity index (χ2n) is 5.37. The number of aryl methyl sites for hydroxylation is 2. The van der Waals surface area contributed by atoms with E-state index in [2.05, 4.69) is 10.3 Å². The number of nitrogens with zero attached hydrogens (tertiary/aromatic N) is 2. The number of pyridine rings is 1. The van der Waals surface area contributed by atoms with E-state index in [9.17, 15) is 9.59 Å². The zero-order chi connectivity index (χ0) is 16.2. The van der Waals surface area contributed by atoms with E-state index in [4.69, 9.17) is 4.42 Å². The van der Waals surface area contributed by atoms with E-state index in [1.54, 1.807) is 31.4 Å². The molecule has 0 saturated carbocycles. The van der Waals surface area contributed by atoms with Crippen molar-refractivity contribution >= 4 is 22.7 Å². The molecule has 1 aromatic carbocycles. The number of fused-ring (bicyclic) bond motifs is 1. The van der Waals surface area contributed by atoms with Crippen LogP contribution in [-0.4, -0.2) is 15.5 Å². The summed E-state index contributed by atoms with van der Waals surface area (Å²) in [6, 6.07) is 9.06. The van der Waals surface area contributed by atoms with Crippen molar-refractivity contribution in [3.05, 3.63) is 58.8 Å². The van der Waals surface area contributed by atoms with E-state index in [0.29, 0.717) is 23.2 Å². The minimum absolute atomic E-state index is 0.0634. The standard InChI is InChI=1S/C17H17N3O3/c1-20-14-8-7-13(10-15(14)23-17(20)22)19-16(21)6-2-4-12-5-3-9-18-11-12/h3,5,7-11H,2,4,6H2,1H3,(H,19,21). The average Bonchev–Trinajstić information content (AvgIpc) is 2.82. The molecule has 0 aliphatic rings. The van der Waals surface area contributed by atoms with Crippen molar-refractivity contribution in [1.82, 2.24) is 9.55 Å². The fraction of sp³-hybridized carbons (Fsp3) is 0.235. The first-order valence-corrected chi connectivity index (χ1v) is 7.42. The monoisotopic (exact) mass is 311 g/mol. The Hall–Kier alpha value is -2.89. The second-order valence-corrected chi connectivity index (χ2v) is 5.37. The number of aromatic nitrogens is 2. The molecule has 0 atom stereocenters. The first kappa shape index (κ1) is 15.0. The number of carbonyl (C=O) groups is 1. The summed E-state index contributed by atoms with van der Waals surface area (Å²) in [7, 11) is 1.64. The Bertz CT molecular complexity index is 881. The summed E-state index contributed by atoms with van der Waals surface area (Å²) in [4.78, 5) is 27.5. The molecule has 3 aromatic rings. The summed E-state index contributed by atoms with van der Waals surface area (Å²) in [5, 5.41) is 2.82. The Morgan fingerprint density at radius 3 is 3.00 bits per heavy atom. The van der Waals surface area contributed by atoms with Crippen LogP contribution in [0.15, 0.2) is 51.9 Å². The molecule has 1 amide bonds. The smallest absolute Gasteiger partial charge is 0.408 e. The van der Waals surface area contributed by atoms with Gasteiger partial charge in [0.15, 0.2) is 5.58 Å². The van der Waals surface area contributed by atoms with Crippen LogP contribution in [-0.2, 0) is 18.3 Å². The summed E-state index contributed by atoms with van der Waals surface area (Å²) in [5.74, 6) is -0.480. The number of hydrogen-bond acceptors (Lipinski definition) is 4. The molecule has 0 bridgehead atoms. The molecule has 0 saturated heterocycles. The minimum atomic E-state index is -0.417. The molecule has 0 spiro atoms. The molecular formula is C17H17N3O3. The number of benzene rings is 1. The molecule has 2 heterocycles. The molecule has 0 radical (unpaired) electrons. The van der Waals surface area contributed by atoms with Crippen LogP contribution in [0.1, 0.15) is 18.4 Å². The molecule has 118 valence electrons. The maximum atomic E-state index is 12.0. The number of oxazole rings is 1. The molecule has 0 aliphatic heterocycles. The number of anilines is 1. The normalized spacial score (nSPS) is 10.8. The topological polar surface area (TPSA) is 77.1 Å². The number of carbonyl (C=O) groups excluding carboxylic acids is 1. The average molecular weight is 311 g/mol. The lowest BCUT2D eigenvalue weighted by atomic mass is 10.1. The van der Waals surface area contributed by atoms with Crippen molar-refractivity contribution in [2.75, 3.05) is 5.32 Å². The van der Waals surface area contributed by atoms with Crippen molar-refractivity contribution in [3.8, 4) is 0 Å². The Morgan fingerprint density at radius 2 is 2.22 bits per heavy atom. The lowest BCUT2D eigenvalue weighted by Gasteiger charge is -2.05. The highest BCUT2D eigenvalue weighted by molar-refractivity contribution is 5.92. The van der Waals surface area contributed by atoms with Crippen molar-refractivity contribution in [1.29, 1.82) is 0 Å². The molecule has 0 fully saturated rings. The highest BCUT2D eigenvalue weighted by Gasteiger charge is 2.08. The van der Waals surface area contributed by atoms with E-state index < -0.39 is 5.76 Å². The largest absolute Gasteiger partial charge is 0.419 e. The maximum absolute atomic E-state index is 12.0. The number of hydrogen-bond donors (Lipinski definition) is 1. The van der Waals surface area contributed by atoms with Crippen LogP contribution in [0.4, 0.5) is 5.69 Å². The first-order valence-electron chi connectivity index (χ1n) is 7.42. The van der Waals surface area contributed by atoms with Crippen LogP contribution in [0, 0.1) is 0 Å². The van der Waals surface area contributed by atoms with Gasteiger partial charge in [-0.15, -0.1) is 0 Å². The molecule has 0 aliphatic carbocycles.